The molecule has 5 nitrogen and oxygen atoms in total. The number of amides is 1. The number of benzene rings is 1. The average Bonchev–Trinajstić information content (AvgIpc) is 2.97. The fraction of sp³-hybridized carbons (Fsp3) is 0. The smallest absolute Gasteiger partial charge is 0.269 e. The van der Waals surface area contributed by atoms with Crippen LogP contribution in [0.5, 0.6) is 0 Å². The highest BCUT2D eigenvalue weighted by molar-refractivity contribution is 6.04. The molecule has 84 valence electrons. The molecule has 0 atom stereocenters. The Labute approximate surface area is 96.9 Å². The highest BCUT2D eigenvalue weighted by atomic mass is 16.1. The van der Waals surface area contributed by atoms with Crippen LogP contribution in [0.3, 0.4) is 0 Å². The number of hydrogen-bond acceptors (Lipinski definition) is 2. The fourth-order valence-corrected chi connectivity index (χ4v) is 1.86. The van der Waals surface area contributed by atoms with Gasteiger partial charge in [-0.3, -0.25) is 9.89 Å². The second kappa shape index (κ2) is 3.48. The standard InChI is InChI=1S/C12H10N4O/c13-12(17)11-9-7-8(16-5-1-2-6-16)3-4-10(9)14-15-11/h1-7H,(H2,13,17)(H,14,15). The molecule has 0 bridgehead atoms. The van der Waals surface area contributed by atoms with Crippen LogP contribution < -0.4 is 5.73 Å². The van der Waals surface area contributed by atoms with Crippen molar-refractivity contribution in [1.29, 1.82) is 0 Å². The topological polar surface area (TPSA) is 76.7 Å². The minimum absolute atomic E-state index is 0.272. The number of aromatic nitrogens is 3. The van der Waals surface area contributed by atoms with Gasteiger partial charge in [-0.1, -0.05) is 0 Å². The largest absolute Gasteiger partial charge is 0.364 e. The van der Waals surface area contributed by atoms with Gasteiger partial charge in [0, 0.05) is 23.5 Å². The normalized spacial score (nSPS) is 10.8. The third-order valence-corrected chi connectivity index (χ3v) is 2.68. The van der Waals surface area contributed by atoms with Crippen molar-refractivity contribution in [3.63, 3.8) is 0 Å². The molecule has 3 rings (SSSR count). The lowest BCUT2D eigenvalue weighted by atomic mass is 10.2. The molecule has 0 aliphatic rings. The lowest BCUT2D eigenvalue weighted by Crippen LogP contribution is -2.11. The first-order chi connectivity index (χ1) is 8.25. The number of H-pyrrole nitrogens is 1. The minimum atomic E-state index is -0.527. The lowest BCUT2D eigenvalue weighted by molar-refractivity contribution is 0.0997. The number of carbonyl (C=O) groups excluding carboxylic acids is 1. The predicted octanol–water partition coefficient (Wildman–Crippen LogP) is 1.45. The second-order valence-corrected chi connectivity index (χ2v) is 3.76. The van der Waals surface area contributed by atoms with E-state index in [0.717, 1.165) is 16.6 Å². The zero-order valence-electron chi connectivity index (χ0n) is 8.92. The van der Waals surface area contributed by atoms with Gasteiger partial charge in [-0.25, -0.2) is 0 Å². The van der Waals surface area contributed by atoms with Gasteiger partial charge in [0.2, 0.25) is 0 Å². The molecule has 0 spiro atoms. The highest BCUT2D eigenvalue weighted by Gasteiger charge is 2.11. The Bertz CT molecular complexity index is 682. The molecule has 0 aliphatic heterocycles. The molecule has 0 fully saturated rings. The van der Waals surface area contributed by atoms with Gasteiger partial charge >= 0.3 is 0 Å². The molecule has 2 heterocycles. The number of nitrogens with two attached hydrogens (primary N) is 1. The molecule has 5 heteroatoms. The summed E-state index contributed by atoms with van der Waals surface area (Å²) in [4.78, 5) is 11.2. The summed E-state index contributed by atoms with van der Waals surface area (Å²) in [7, 11) is 0. The zero-order valence-corrected chi connectivity index (χ0v) is 8.92. The monoisotopic (exact) mass is 226 g/mol. The summed E-state index contributed by atoms with van der Waals surface area (Å²) in [6, 6.07) is 9.59. The summed E-state index contributed by atoms with van der Waals surface area (Å²) in [5.41, 5.74) is 7.30. The fourth-order valence-electron chi connectivity index (χ4n) is 1.86. The number of nitrogens with one attached hydrogen (secondary N) is 1. The number of primary amides is 1. The summed E-state index contributed by atoms with van der Waals surface area (Å²) in [5.74, 6) is -0.527. The zero-order chi connectivity index (χ0) is 11.8. The van der Waals surface area contributed by atoms with Gasteiger partial charge in [0.05, 0.1) is 5.52 Å². The number of carbonyl (C=O) groups is 1. The third-order valence-electron chi connectivity index (χ3n) is 2.68. The molecule has 1 amide bonds. The Morgan fingerprint density at radius 1 is 1.29 bits per heavy atom. The summed E-state index contributed by atoms with van der Waals surface area (Å²) in [6.45, 7) is 0. The van der Waals surface area contributed by atoms with E-state index in [1.807, 2.05) is 47.3 Å². The van der Waals surface area contributed by atoms with Crippen LogP contribution in [0.15, 0.2) is 42.7 Å². The van der Waals surface area contributed by atoms with E-state index in [1.165, 1.54) is 0 Å². The lowest BCUT2D eigenvalue weighted by Gasteiger charge is -2.02. The van der Waals surface area contributed by atoms with E-state index in [0.29, 0.717) is 0 Å². The van der Waals surface area contributed by atoms with Crippen LogP contribution in [0.4, 0.5) is 0 Å². The molecule has 0 unspecified atom stereocenters. The van der Waals surface area contributed by atoms with E-state index in [-0.39, 0.29) is 5.69 Å². The van der Waals surface area contributed by atoms with Gasteiger partial charge < -0.3 is 10.3 Å². The van der Waals surface area contributed by atoms with E-state index >= 15 is 0 Å². The number of hydrogen-bond donors (Lipinski definition) is 2. The van der Waals surface area contributed by atoms with Crippen molar-refractivity contribution >= 4 is 16.8 Å². The highest BCUT2D eigenvalue weighted by Crippen LogP contribution is 2.19. The molecular formula is C12H10N4O. The summed E-state index contributed by atoms with van der Waals surface area (Å²) >= 11 is 0. The van der Waals surface area contributed by atoms with Gasteiger partial charge in [0.1, 0.15) is 0 Å². The molecule has 3 aromatic rings. The Kier molecular flexibility index (Phi) is 1.98. The number of rotatable bonds is 2. The summed E-state index contributed by atoms with van der Waals surface area (Å²) < 4.78 is 1.96. The maximum atomic E-state index is 11.2. The molecular weight excluding hydrogens is 216 g/mol. The van der Waals surface area contributed by atoms with Gasteiger partial charge in [-0.15, -0.1) is 0 Å². The van der Waals surface area contributed by atoms with Crippen LogP contribution in [0, 0.1) is 0 Å². The van der Waals surface area contributed by atoms with Crippen LogP contribution in [-0.4, -0.2) is 20.7 Å². The molecule has 0 aliphatic carbocycles. The van der Waals surface area contributed by atoms with Crippen LogP contribution in [0.2, 0.25) is 0 Å². The minimum Gasteiger partial charge on any atom is -0.364 e. The summed E-state index contributed by atoms with van der Waals surface area (Å²) in [6.07, 6.45) is 3.87. The van der Waals surface area contributed by atoms with Crippen molar-refractivity contribution in [2.24, 2.45) is 5.73 Å². The Balaban J connectivity index is 2.24. The van der Waals surface area contributed by atoms with Gasteiger partial charge in [-0.2, -0.15) is 5.10 Å². The van der Waals surface area contributed by atoms with Crippen molar-refractivity contribution in [3.05, 3.63) is 48.4 Å². The van der Waals surface area contributed by atoms with Gasteiger partial charge in [0.15, 0.2) is 5.69 Å². The van der Waals surface area contributed by atoms with Crippen molar-refractivity contribution in [3.8, 4) is 5.69 Å². The maximum Gasteiger partial charge on any atom is 0.269 e. The van der Waals surface area contributed by atoms with Crippen LogP contribution in [-0.2, 0) is 0 Å². The van der Waals surface area contributed by atoms with Crippen molar-refractivity contribution in [1.82, 2.24) is 14.8 Å². The first kappa shape index (κ1) is 9.65. The van der Waals surface area contributed by atoms with Crippen LogP contribution in [0.25, 0.3) is 16.6 Å². The molecule has 0 saturated carbocycles. The van der Waals surface area contributed by atoms with Crippen molar-refractivity contribution in [2.75, 3.05) is 0 Å². The van der Waals surface area contributed by atoms with E-state index in [9.17, 15) is 4.79 Å². The third kappa shape index (κ3) is 1.48. The predicted molar refractivity (Wildman–Crippen MR) is 63.9 cm³/mol. The van der Waals surface area contributed by atoms with Crippen LogP contribution in [0.1, 0.15) is 10.5 Å². The summed E-state index contributed by atoms with van der Waals surface area (Å²) in [5, 5.41) is 7.43. The molecule has 1 aromatic carbocycles. The van der Waals surface area contributed by atoms with Crippen molar-refractivity contribution < 1.29 is 4.79 Å². The Morgan fingerprint density at radius 2 is 2.06 bits per heavy atom. The van der Waals surface area contributed by atoms with E-state index in [4.69, 9.17) is 5.73 Å². The first-order valence-corrected chi connectivity index (χ1v) is 5.17. The molecule has 3 N–H and O–H groups in total. The average molecular weight is 226 g/mol. The van der Waals surface area contributed by atoms with Crippen LogP contribution >= 0.6 is 0 Å². The number of nitrogens with zero attached hydrogens (tertiary/aromatic N) is 2. The maximum absolute atomic E-state index is 11.2. The quantitative estimate of drug-likeness (QED) is 0.693. The Hall–Kier alpha value is -2.56. The SMILES string of the molecule is NC(=O)c1n[nH]c2ccc(-n3cccc3)cc12. The number of fused-ring (bicyclic) bond motifs is 1. The van der Waals surface area contributed by atoms with E-state index < -0.39 is 5.91 Å². The molecule has 0 saturated heterocycles. The van der Waals surface area contributed by atoms with E-state index in [2.05, 4.69) is 10.2 Å². The van der Waals surface area contributed by atoms with E-state index in [1.54, 1.807) is 0 Å². The second-order valence-electron chi connectivity index (χ2n) is 3.76. The molecule has 2 aromatic heterocycles. The van der Waals surface area contributed by atoms with Crippen molar-refractivity contribution in [2.45, 2.75) is 0 Å². The van der Waals surface area contributed by atoms with Gasteiger partial charge in [0.25, 0.3) is 5.91 Å². The van der Waals surface area contributed by atoms with Gasteiger partial charge in [-0.05, 0) is 30.3 Å². The molecule has 17 heavy (non-hydrogen) atoms. The number of aromatic amines is 1. The first-order valence-electron chi connectivity index (χ1n) is 5.17. The molecule has 0 radical (unpaired) electrons. The Morgan fingerprint density at radius 3 is 2.76 bits per heavy atom.